The van der Waals surface area contributed by atoms with Crippen LogP contribution in [-0.2, 0) is 19.3 Å². The number of hydrogen-bond acceptors (Lipinski definition) is 3. The van der Waals surface area contributed by atoms with E-state index in [0.717, 1.165) is 35.7 Å². The summed E-state index contributed by atoms with van der Waals surface area (Å²) in [5.41, 5.74) is 1.35. The predicted octanol–water partition coefficient (Wildman–Crippen LogP) is 3.49. The molecule has 0 spiro atoms. The van der Waals surface area contributed by atoms with Crippen molar-refractivity contribution in [2.24, 2.45) is 0 Å². The second kappa shape index (κ2) is 6.72. The largest absolute Gasteiger partial charge is 0.144 e. The number of rotatable bonds is 6. The van der Waals surface area contributed by atoms with Gasteiger partial charge in [-0.05, 0) is 18.4 Å². The van der Waals surface area contributed by atoms with Crippen LogP contribution in [0.1, 0.15) is 22.0 Å². The van der Waals surface area contributed by atoms with Gasteiger partial charge in [-0.2, -0.15) is 0 Å². The van der Waals surface area contributed by atoms with Crippen LogP contribution in [0.5, 0.6) is 0 Å². The lowest BCUT2D eigenvalue weighted by atomic mass is 10.1. The summed E-state index contributed by atoms with van der Waals surface area (Å²) in [6.45, 7) is 0. The molecule has 0 atom stereocenters. The first-order valence-electron chi connectivity index (χ1n) is 5.79. The molecule has 0 radical (unpaired) electrons. The van der Waals surface area contributed by atoms with Crippen molar-refractivity contribution in [3.8, 4) is 0 Å². The quantitative estimate of drug-likeness (QED) is 0.748. The van der Waals surface area contributed by atoms with Gasteiger partial charge in [0.25, 0.3) is 0 Å². The fourth-order valence-electron chi connectivity index (χ4n) is 1.60. The van der Waals surface area contributed by atoms with E-state index in [4.69, 9.17) is 11.6 Å². The van der Waals surface area contributed by atoms with Crippen molar-refractivity contribution in [3.63, 3.8) is 0 Å². The van der Waals surface area contributed by atoms with Crippen LogP contribution in [0.3, 0.4) is 0 Å². The second-order valence-electron chi connectivity index (χ2n) is 3.87. The Morgan fingerprint density at radius 2 is 1.65 bits per heavy atom. The molecule has 0 aliphatic carbocycles. The molecule has 17 heavy (non-hydrogen) atoms. The van der Waals surface area contributed by atoms with Gasteiger partial charge in [0.2, 0.25) is 0 Å². The van der Waals surface area contributed by atoms with E-state index in [2.05, 4.69) is 34.5 Å². The first-order chi connectivity index (χ1) is 8.38. The molecule has 0 aliphatic heterocycles. The molecule has 1 aromatic heterocycles. The van der Waals surface area contributed by atoms with Crippen LogP contribution in [0.15, 0.2) is 30.3 Å². The highest BCUT2D eigenvalue weighted by Gasteiger charge is 2.04. The van der Waals surface area contributed by atoms with E-state index in [1.54, 1.807) is 11.3 Å². The second-order valence-corrected chi connectivity index (χ2v) is 5.39. The van der Waals surface area contributed by atoms with E-state index < -0.39 is 0 Å². The third-order valence-corrected chi connectivity index (χ3v) is 3.81. The molecule has 0 N–H and O–H groups in total. The van der Waals surface area contributed by atoms with Gasteiger partial charge >= 0.3 is 0 Å². The van der Waals surface area contributed by atoms with Crippen molar-refractivity contribution in [1.29, 1.82) is 0 Å². The van der Waals surface area contributed by atoms with Gasteiger partial charge < -0.3 is 0 Å². The summed E-state index contributed by atoms with van der Waals surface area (Å²) in [6, 6.07) is 10.5. The summed E-state index contributed by atoms with van der Waals surface area (Å²) in [4.78, 5) is 0. The Balaban J connectivity index is 1.85. The van der Waals surface area contributed by atoms with Crippen LogP contribution >= 0.6 is 22.9 Å². The zero-order valence-electron chi connectivity index (χ0n) is 9.60. The summed E-state index contributed by atoms with van der Waals surface area (Å²) in [5.74, 6) is 0.693. The number of hydrogen-bond donors (Lipinski definition) is 0. The summed E-state index contributed by atoms with van der Waals surface area (Å²) in [5, 5.41) is 10.6. The van der Waals surface area contributed by atoms with Gasteiger partial charge in [0.05, 0.1) is 0 Å². The highest BCUT2D eigenvalue weighted by molar-refractivity contribution is 7.11. The molecule has 1 aromatic carbocycles. The molecule has 0 saturated heterocycles. The molecule has 2 aromatic rings. The van der Waals surface area contributed by atoms with E-state index in [9.17, 15) is 0 Å². The summed E-state index contributed by atoms with van der Waals surface area (Å²) >= 11 is 7.37. The average molecular weight is 267 g/mol. The van der Waals surface area contributed by atoms with Crippen molar-refractivity contribution < 1.29 is 0 Å². The van der Waals surface area contributed by atoms with Crippen molar-refractivity contribution in [2.45, 2.75) is 25.7 Å². The zero-order chi connectivity index (χ0) is 11.9. The normalized spacial score (nSPS) is 10.6. The van der Waals surface area contributed by atoms with Gasteiger partial charge in [-0.25, -0.2) is 0 Å². The summed E-state index contributed by atoms with van der Waals surface area (Å²) in [7, 11) is 0. The van der Waals surface area contributed by atoms with Crippen LogP contribution in [0, 0.1) is 0 Å². The maximum Gasteiger partial charge on any atom is 0.117 e. The van der Waals surface area contributed by atoms with E-state index in [1.807, 2.05) is 6.07 Å². The fraction of sp³-hybridized carbons (Fsp3) is 0.385. The zero-order valence-corrected chi connectivity index (χ0v) is 11.2. The van der Waals surface area contributed by atoms with E-state index >= 15 is 0 Å². The number of halogens is 1. The standard InChI is InChI=1S/C13H15ClN2S/c14-10-4-7-12-15-16-13(17-12)9-8-11-5-2-1-3-6-11/h1-3,5-6H,4,7-10H2. The minimum atomic E-state index is 0.693. The maximum absolute atomic E-state index is 5.66. The van der Waals surface area contributed by atoms with Crippen LogP contribution in [0.25, 0.3) is 0 Å². The smallest absolute Gasteiger partial charge is 0.117 e. The third kappa shape index (κ3) is 4.10. The number of aryl methyl sites for hydroxylation is 3. The Hall–Kier alpha value is -0.930. The Labute approximate surface area is 111 Å². The lowest BCUT2D eigenvalue weighted by Gasteiger charge is -1.96. The number of alkyl halides is 1. The molecule has 0 bridgehead atoms. The predicted molar refractivity (Wildman–Crippen MR) is 72.8 cm³/mol. The van der Waals surface area contributed by atoms with Gasteiger partial charge in [-0.15, -0.1) is 33.1 Å². The number of benzene rings is 1. The van der Waals surface area contributed by atoms with E-state index in [-0.39, 0.29) is 0 Å². The SMILES string of the molecule is ClCCCc1nnc(CCc2ccccc2)s1. The Bertz CT molecular complexity index is 442. The van der Waals surface area contributed by atoms with Gasteiger partial charge in [-0.1, -0.05) is 30.3 Å². The lowest BCUT2D eigenvalue weighted by Crippen LogP contribution is -1.89. The third-order valence-electron chi connectivity index (χ3n) is 2.50. The van der Waals surface area contributed by atoms with E-state index in [1.165, 1.54) is 5.56 Å². The molecule has 0 fully saturated rings. The van der Waals surface area contributed by atoms with E-state index in [0.29, 0.717) is 5.88 Å². The molecule has 0 unspecified atom stereocenters. The van der Waals surface area contributed by atoms with Crippen LogP contribution < -0.4 is 0 Å². The van der Waals surface area contributed by atoms with Crippen molar-refractivity contribution in [1.82, 2.24) is 10.2 Å². The fourth-order valence-corrected chi connectivity index (χ4v) is 2.62. The van der Waals surface area contributed by atoms with Crippen molar-refractivity contribution in [2.75, 3.05) is 5.88 Å². The van der Waals surface area contributed by atoms with Crippen molar-refractivity contribution in [3.05, 3.63) is 45.9 Å². The molecule has 0 saturated carbocycles. The molecular formula is C13H15ClN2S. The number of aromatic nitrogens is 2. The molecule has 2 nitrogen and oxygen atoms in total. The highest BCUT2D eigenvalue weighted by Crippen LogP contribution is 2.14. The molecular weight excluding hydrogens is 252 g/mol. The van der Waals surface area contributed by atoms with Crippen LogP contribution in [0.2, 0.25) is 0 Å². The lowest BCUT2D eigenvalue weighted by molar-refractivity contribution is 0.857. The van der Waals surface area contributed by atoms with Gasteiger partial charge in [0.1, 0.15) is 10.0 Å². The molecule has 2 rings (SSSR count). The molecule has 4 heteroatoms. The molecule has 1 heterocycles. The Kier molecular flexibility index (Phi) is 4.95. The Morgan fingerprint density at radius 1 is 0.941 bits per heavy atom. The average Bonchev–Trinajstić information content (AvgIpc) is 2.83. The molecule has 0 aliphatic rings. The van der Waals surface area contributed by atoms with Crippen LogP contribution in [0.4, 0.5) is 0 Å². The molecule has 90 valence electrons. The van der Waals surface area contributed by atoms with Gasteiger partial charge in [-0.3, -0.25) is 0 Å². The monoisotopic (exact) mass is 266 g/mol. The Morgan fingerprint density at radius 3 is 2.35 bits per heavy atom. The first-order valence-corrected chi connectivity index (χ1v) is 7.15. The van der Waals surface area contributed by atoms with Crippen molar-refractivity contribution >= 4 is 22.9 Å². The van der Waals surface area contributed by atoms with Gasteiger partial charge in [0.15, 0.2) is 0 Å². The summed E-state index contributed by atoms with van der Waals surface area (Å²) in [6.07, 6.45) is 3.94. The minimum absolute atomic E-state index is 0.693. The van der Waals surface area contributed by atoms with Crippen LogP contribution in [-0.4, -0.2) is 16.1 Å². The first kappa shape index (κ1) is 12.5. The number of nitrogens with zero attached hydrogens (tertiary/aromatic N) is 2. The van der Waals surface area contributed by atoms with Gasteiger partial charge in [0, 0.05) is 18.7 Å². The minimum Gasteiger partial charge on any atom is -0.144 e. The molecule has 0 amide bonds. The highest BCUT2D eigenvalue weighted by atomic mass is 35.5. The summed E-state index contributed by atoms with van der Waals surface area (Å²) < 4.78 is 0. The topological polar surface area (TPSA) is 25.8 Å². The maximum atomic E-state index is 5.66.